The highest BCUT2D eigenvalue weighted by atomic mass is 16.7. The lowest BCUT2D eigenvalue weighted by Gasteiger charge is -2.20. The topological polar surface area (TPSA) is 30.5 Å². The molecule has 3 heteroatoms. The summed E-state index contributed by atoms with van der Waals surface area (Å²) >= 11 is 0. The van der Waals surface area contributed by atoms with Crippen molar-refractivity contribution >= 4 is 0 Å². The number of ether oxygens (including phenoxy) is 2. The highest BCUT2D eigenvalue weighted by molar-refractivity contribution is 4.73. The van der Waals surface area contributed by atoms with Crippen LogP contribution in [0.15, 0.2) is 0 Å². The van der Waals surface area contributed by atoms with Gasteiger partial charge in [-0.3, -0.25) is 0 Å². The maximum atomic E-state index is 5.55. The lowest BCUT2D eigenvalue weighted by atomic mass is 10.0. The molecule has 0 amide bonds. The predicted octanol–water partition coefficient (Wildman–Crippen LogP) is 3.33. The molecular formula is C15H31NO2. The fourth-order valence-electron chi connectivity index (χ4n) is 2.68. The van der Waals surface area contributed by atoms with Crippen LogP contribution in [0.2, 0.25) is 0 Å². The zero-order valence-corrected chi connectivity index (χ0v) is 12.4. The standard InChI is InChI=1S/C15H31NO2/c1-4-17-15(18-5-2)11-12-16-14-8-6-7-13(3)9-10-14/h13-16H,4-12H2,1-3H3. The Hall–Kier alpha value is -0.120. The Bertz CT molecular complexity index is 193. The van der Waals surface area contributed by atoms with Crippen molar-refractivity contribution in [3.8, 4) is 0 Å². The molecule has 1 fully saturated rings. The summed E-state index contributed by atoms with van der Waals surface area (Å²) in [4.78, 5) is 0. The molecule has 0 aromatic rings. The van der Waals surface area contributed by atoms with Gasteiger partial charge in [0.15, 0.2) is 6.29 Å². The van der Waals surface area contributed by atoms with E-state index in [2.05, 4.69) is 12.2 Å². The van der Waals surface area contributed by atoms with Crippen LogP contribution in [0, 0.1) is 5.92 Å². The maximum absolute atomic E-state index is 5.55. The first-order chi connectivity index (χ1) is 8.76. The van der Waals surface area contributed by atoms with Crippen LogP contribution in [0.4, 0.5) is 0 Å². The molecule has 1 N–H and O–H groups in total. The lowest BCUT2D eigenvalue weighted by molar-refractivity contribution is -0.138. The molecule has 1 aliphatic carbocycles. The van der Waals surface area contributed by atoms with Gasteiger partial charge in [-0.25, -0.2) is 0 Å². The van der Waals surface area contributed by atoms with Crippen molar-refractivity contribution in [2.45, 2.75) is 71.6 Å². The average Bonchev–Trinajstić information content (AvgIpc) is 2.55. The minimum Gasteiger partial charge on any atom is -0.353 e. The monoisotopic (exact) mass is 257 g/mol. The summed E-state index contributed by atoms with van der Waals surface area (Å²) in [5.41, 5.74) is 0. The zero-order valence-electron chi connectivity index (χ0n) is 12.4. The van der Waals surface area contributed by atoms with Crippen molar-refractivity contribution in [2.75, 3.05) is 19.8 Å². The van der Waals surface area contributed by atoms with Crippen molar-refractivity contribution in [3.05, 3.63) is 0 Å². The molecule has 0 saturated heterocycles. The number of nitrogens with one attached hydrogen (secondary N) is 1. The molecule has 0 bridgehead atoms. The molecule has 0 spiro atoms. The largest absolute Gasteiger partial charge is 0.353 e. The highest BCUT2D eigenvalue weighted by Crippen LogP contribution is 2.22. The first kappa shape index (κ1) is 15.9. The van der Waals surface area contributed by atoms with Gasteiger partial charge < -0.3 is 14.8 Å². The van der Waals surface area contributed by atoms with E-state index in [0.29, 0.717) is 6.04 Å². The van der Waals surface area contributed by atoms with Crippen LogP contribution in [0.3, 0.4) is 0 Å². The van der Waals surface area contributed by atoms with Crippen molar-refractivity contribution in [2.24, 2.45) is 5.92 Å². The molecule has 0 aromatic carbocycles. The van der Waals surface area contributed by atoms with E-state index < -0.39 is 0 Å². The van der Waals surface area contributed by atoms with Crippen LogP contribution >= 0.6 is 0 Å². The minimum atomic E-state index is -0.0304. The summed E-state index contributed by atoms with van der Waals surface area (Å²) < 4.78 is 11.1. The van der Waals surface area contributed by atoms with E-state index in [9.17, 15) is 0 Å². The summed E-state index contributed by atoms with van der Waals surface area (Å²) in [5, 5.41) is 3.67. The van der Waals surface area contributed by atoms with Crippen LogP contribution in [0.5, 0.6) is 0 Å². The van der Waals surface area contributed by atoms with Crippen molar-refractivity contribution in [1.82, 2.24) is 5.32 Å². The van der Waals surface area contributed by atoms with E-state index in [1.807, 2.05) is 13.8 Å². The molecular weight excluding hydrogens is 226 g/mol. The van der Waals surface area contributed by atoms with Crippen LogP contribution in [0.1, 0.15) is 59.3 Å². The van der Waals surface area contributed by atoms with Crippen molar-refractivity contribution in [3.63, 3.8) is 0 Å². The zero-order chi connectivity index (χ0) is 13.2. The molecule has 1 rings (SSSR count). The van der Waals surface area contributed by atoms with E-state index >= 15 is 0 Å². The van der Waals surface area contributed by atoms with Gasteiger partial charge in [0.2, 0.25) is 0 Å². The van der Waals surface area contributed by atoms with Gasteiger partial charge in [0, 0.05) is 32.2 Å². The Morgan fingerprint density at radius 1 is 1.06 bits per heavy atom. The van der Waals surface area contributed by atoms with Gasteiger partial charge >= 0.3 is 0 Å². The van der Waals surface area contributed by atoms with Gasteiger partial charge in [-0.15, -0.1) is 0 Å². The van der Waals surface area contributed by atoms with Crippen LogP contribution < -0.4 is 5.32 Å². The second kappa shape index (κ2) is 9.76. The predicted molar refractivity (Wildman–Crippen MR) is 75.7 cm³/mol. The summed E-state index contributed by atoms with van der Waals surface area (Å²) in [6.45, 7) is 8.88. The van der Waals surface area contributed by atoms with Gasteiger partial charge in [0.1, 0.15) is 0 Å². The summed E-state index contributed by atoms with van der Waals surface area (Å²) in [7, 11) is 0. The van der Waals surface area contributed by atoms with Gasteiger partial charge in [-0.05, 0) is 39.0 Å². The van der Waals surface area contributed by atoms with Crippen LogP contribution in [0.25, 0.3) is 0 Å². The molecule has 3 nitrogen and oxygen atoms in total. The fraction of sp³-hybridized carbons (Fsp3) is 1.00. The molecule has 0 aromatic heterocycles. The van der Waals surface area contributed by atoms with E-state index in [0.717, 1.165) is 32.1 Å². The third-order valence-electron chi connectivity index (χ3n) is 3.78. The molecule has 2 atom stereocenters. The fourth-order valence-corrected chi connectivity index (χ4v) is 2.68. The normalized spacial score (nSPS) is 25.3. The Balaban J connectivity index is 2.14. The SMILES string of the molecule is CCOC(CCNC1CCCC(C)CC1)OCC. The number of hydrogen-bond donors (Lipinski definition) is 1. The molecule has 108 valence electrons. The number of hydrogen-bond acceptors (Lipinski definition) is 3. The molecule has 0 aliphatic heterocycles. The Morgan fingerprint density at radius 3 is 2.44 bits per heavy atom. The quantitative estimate of drug-likeness (QED) is 0.534. The number of rotatable bonds is 8. The average molecular weight is 257 g/mol. The van der Waals surface area contributed by atoms with Crippen molar-refractivity contribution in [1.29, 1.82) is 0 Å². The van der Waals surface area contributed by atoms with Crippen molar-refractivity contribution < 1.29 is 9.47 Å². The summed E-state index contributed by atoms with van der Waals surface area (Å²) in [6.07, 6.45) is 7.73. The molecule has 1 saturated carbocycles. The molecule has 2 unspecified atom stereocenters. The highest BCUT2D eigenvalue weighted by Gasteiger charge is 2.16. The van der Waals surface area contributed by atoms with Gasteiger partial charge in [0.05, 0.1) is 0 Å². The van der Waals surface area contributed by atoms with Crippen LogP contribution in [-0.4, -0.2) is 32.1 Å². The smallest absolute Gasteiger partial charge is 0.158 e. The Kier molecular flexibility index (Phi) is 8.64. The molecule has 0 heterocycles. The van der Waals surface area contributed by atoms with Gasteiger partial charge in [-0.2, -0.15) is 0 Å². The summed E-state index contributed by atoms with van der Waals surface area (Å²) in [5.74, 6) is 0.913. The van der Waals surface area contributed by atoms with E-state index in [1.54, 1.807) is 0 Å². The molecule has 18 heavy (non-hydrogen) atoms. The van der Waals surface area contributed by atoms with E-state index in [4.69, 9.17) is 9.47 Å². The first-order valence-corrected chi connectivity index (χ1v) is 7.72. The Labute approximate surface area is 113 Å². The van der Waals surface area contributed by atoms with Gasteiger partial charge in [0.25, 0.3) is 0 Å². The molecule has 0 radical (unpaired) electrons. The second-order valence-electron chi connectivity index (χ2n) is 5.39. The lowest BCUT2D eigenvalue weighted by Crippen LogP contribution is -2.32. The van der Waals surface area contributed by atoms with Gasteiger partial charge in [-0.1, -0.05) is 19.8 Å². The van der Waals surface area contributed by atoms with Crippen LogP contribution in [-0.2, 0) is 9.47 Å². The summed E-state index contributed by atoms with van der Waals surface area (Å²) in [6, 6.07) is 0.707. The third-order valence-corrected chi connectivity index (χ3v) is 3.78. The third kappa shape index (κ3) is 6.72. The first-order valence-electron chi connectivity index (χ1n) is 7.72. The van der Waals surface area contributed by atoms with E-state index in [-0.39, 0.29) is 6.29 Å². The maximum Gasteiger partial charge on any atom is 0.158 e. The van der Waals surface area contributed by atoms with E-state index in [1.165, 1.54) is 32.1 Å². The molecule has 1 aliphatic rings. The minimum absolute atomic E-state index is 0.0304. The second-order valence-corrected chi connectivity index (χ2v) is 5.39. The Morgan fingerprint density at radius 2 is 1.78 bits per heavy atom.